The summed E-state index contributed by atoms with van der Waals surface area (Å²) in [7, 11) is 0. The highest BCUT2D eigenvalue weighted by Crippen LogP contribution is 2.23. The zero-order valence-corrected chi connectivity index (χ0v) is 19.9. The van der Waals surface area contributed by atoms with E-state index < -0.39 is 12.1 Å². The van der Waals surface area contributed by atoms with Crippen LogP contribution in [0.4, 0.5) is 5.69 Å². The van der Waals surface area contributed by atoms with Crippen molar-refractivity contribution in [2.45, 2.75) is 51.7 Å². The molecule has 0 radical (unpaired) electrons. The van der Waals surface area contributed by atoms with Crippen LogP contribution < -0.4 is 16.2 Å². The van der Waals surface area contributed by atoms with Gasteiger partial charge in [0.2, 0.25) is 5.91 Å². The fraction of sp³-hybridized carbons (Fsp3) is 0.370. The van der Waals surface area contributed by atoms with Crippen LogP contribution in [0.2, 0.25) is 0 Å². The van der Waals surface area contributed by atoms with Crippen molar-refractivity contribution in [1.82, 2.24) is 14.9 Å². The monoisotopic (exact) mass is 462 g/mol. The Morgan fingerprint density at radius 1 is 1.12 bits per heavy atom. The van der Waals surface area contributed by atoms with E-state index in [0.29, 0.717) is 30.9 Å². The van der Waals surface area contributed by atoms with Crippen molar-refractivity contribution < 1.29 is 9.90 Å². The van der Waals surface area contributed by atoms with E-state index in [4.69, 9.17) is 0 Å². The predicted octanol–water partition coefficient (Wildman–Crippen LogP) is 3.65. The van der Waals surface area contributed by atoms with Gasteiger partial charge in [0.05, 0.1) is 6.10 Å². The molecule has 3 aromatic rings. The number of hydrogen-bond donors (Lipinski definition) is 3. The third kappa shape index (κ3) is 6.62. The standard InChI is InChI=1S/C25H28N4O3.C2H6/c30-22(19-5-2-1-3-6-19)17-26-15-13-18-9-11-20(12-10-18)28-25(32)21-7-4-8-23-27-16-14-24(31)29(21)23;1-2/h1-3,5-6,9-12,14,16,21-22,26,30H,4,7-8,13,15,17H2,(H,28,32);1-2H3. The van der Waals surface area contributed by atoms with Gasteiger partial charge in [-0.1, -0.05) is 56.3 Å². The molecule has 2 aromatic carbocycles. The van der Waals surface area contributed by atoms with Gasteiger partial charge in [0, 0.05) is 30.9 Å². The third-order valence-corrected chi connectivity index (χ3v) is 5.78. The van der Waals surface area contributed by atoms with Gasteiger partial charge in [-0.15, -0.1) is 0 Å². The number of benzene rings is 2. The molecule has 0 aliphatic carbocycles. The molecule has 1 aliphatic rings. The molecule has 2 atom stereocenters. The SMILES string of the molecule is CC.O=C(Nc1ccc(CCNCC(O)c2ccccc2)cc1)C1CCCc2nccc(=O)n21. The van der Waals surface area contributed by atoms with Gasteiger partial charge in [0.1, 0.15) is 11.9 Å². The molecule has 2 heterocycles. The first-order chi connectivity index (χ1) is 16.6. The zero-order chi connectivity index (χ0) is 24.3. The Kier molecular flexibility index (Phi) is 9.55. The molecule has 0 saturated carbocycles. The Morgan fingerprint density at radius 3 is 2.59 bits per heavy atom. The maximum Gasteiger partial charge on any atom is 0.254 e. The third-order valence-electron chi connectivity index (χ3n) is 5.78. The van der Waals surface area contributed by atoms with Gasteiger partial charge in [-0.2, -0.15) is 0 Å². The number of aromatic nitrogens is 2. The lowest BCUT2D eigenvalue weighted by molar-refractivity contribution is -0.119. The summed E-state index contributed by atoms with van der Waals surface area (Å²) in [5.41, 5.74) is 2.55. The Balaban J connectivity index is 0.00000158. The molecular weight excluding hydrogens is 428 g/mol. The number of anilines is 1. The fourth-order valence-corrected chi connectivity index (χ4v) is 4.05. The number of nitrogens with one attached hydrogen (secondary N) is 2. The van der Waals surface area contributed by atoms with Crippen LogP contribution in [-0.4, -0.2) is 33.7 Å². The molecule has 7 heteroatoms. The minimum absolute atomic E-state index is 0.185. The fourth-order valence-electron chi connectivity index (χ4n) is 4.05. The summed E-state index contributed by atoms with van der Waals surface area (Å²) >= 11 is 0. The number of amides is 1. The number of hydrogen-bond acceptors (Lipinski definition) is 5. The van der Waals surface area contributed by atoms with Crippen LogP contribution in [0.3, 0.4) is 0 Å². The lowest BCUT2D eigenvalue weighted by Gasteiger charge is -2.25. The van der Waals surface area contributed by atoms with Gasteiger partial charge in [-0.25, -0.2) is 4.98 Å². The van der Waals surface area contributed by atoms with Crippen molar-refractivity contribution in [1.29, 1.82) is 0 Å². The van der Waals surface area contributed by atoms with Crippen molar-refractivity contribution in [2.24, 2.45) is 0 Å². The number of aliphatic hydroxyl groups excluding tert-OH is 1. The van der Waals surface area contributed by atoms with Crippen LogP contribution in [0.15, 0.2) is 71.7 Å². The maximum absolute atomic E-state index is 12.8. The molecule has 0 bridgehead atoms. The molecule has 3 N–H and O–H groups in total. The first-order valence-electron chi connectivity index (χ1n) is 12.0. The second-order valence-corrected chi connectivity index (χ2v) is 8.04. The van der Waals surface area contributed by atoms with Crippen molar-refractivity contribution in [3.05, 3.63) is 94.2 Å². The highest BCUT2D eigenvalue weighted by molar-refractivity contribution is 5.93. The lowest BCUT2D eigenvalue weighted by Crippen LogP contribution is -2.38. The number of carbonyl (C=O) groups excluding carboxylic acids is 1. The minimum atomic E-state index is -0.528. The highest BCUT2D eigenvalue weighted by atomic mass is 16.3. The van der Waals surface area contributed by atoms with Crippen molar-refractivity contribution in [3.8, 4) is 0 Å². The van der Waals surface area contributed by atoms with Gasteiger partial charge >= 0.3 is 0 Å². The summed E-state index contributed by atoms with van der Waals surface area (Å²) < 4.78 is 1.52. The summed E-state index contributed by atoms with van der Waals surface area (Å²) in [6.45, 7) is 5.24. The van der Waals surface area contributed by atoms with Crippen LogP contribution in [0.25, 0.3) is 0 Å². The van der Waals surface area contributed by atoms with Crippen molar-refractivity contribution in [2.75, 3.05) is 18.4 Å². The Hall–Kier alpha value is -3.29. The molecule has 180 valence electrons. The molecule has 4 rings (SSSR count). The number of fused-ring (bicyclic) bond motifs is 1. The molecule has 0 fully saturated rings. The van der Waals surface area contributed by atoms with E-state index in [-0.39, 0.29) is 11.5 Å². The van der Waals surface area contributed by atoms with Crippen LogP contribution in [0.1, 0.15) is 55.8 Å². The summed E-state index contributed by atoms with van der Waals surface area (Å²) in [6.07, 6.45) is 3.96. The van der Waals surface area contributed by atoms with E-state index in [2.05, 4.69) is 15.6 Å². The Bertz CT molecular complexity index is 1100. The largest absolute Gasteiger partial charge is 0.387 e. The van der Waals surface area contributed by atoms with Crippen LogP contribution in [-0.2, 0) is 17.6 Å². The summed E-state index contributed by atoms with van der Waals surface area (Å²) in [5, 5.41) is 16.4. The Labute approximate surface area is 200 Å². The average molecular weight is 463 g/mol. The molecule has 1 aliphatic heterocycles. The first kappa shape index (κ1) is 25.3. The van der Waals surface area contributed by atoms with E-state index in [1.54, 1.807) is 0 Å². The smallest absolute Gasteiger partial charge is 0.254 e. The summed E-state index contributed by atoms with van der Waals surface area (Å²) in [6, 6.07) is 18.2. The second kappa shape index (κ2) is 12.8. The normalized spacial score (nSPS) is 15.4. The van der Waals surface area contributed by atoms with Gasteiger partial charge in [0.15, 0.2) is 0 Å². The number of carbonyl (C=O) groups is 1. The minimum Gasteiger partial charge on any atom is -0.387 e. The molecule has 0 spiro atoms. The van der Waals surface area contributed by atoms with Crippen LogP contribution >= 0.6 is 0 Å². The molecule has 1 amide bonds. The zero-order valence-electron chi connectivity index (χ0n) is 19.9. The average Bonchev–Trinajstić information content (AvgIpc) is 2.89. The summed E-state index contributed by atoms with van der Waals surface area (Å²) in [4.78, 5) is 29.3. The number of nitrogens with zero attached hydrogens (tertiary/aromatic N) is 2. The molecule has 7 nitrogen and oxygen atoms in total. The molecular formula is C27H34N4O3. The van der Waals surface area contributed by atoms with E-state index in [9.17, 15) is 14.7 Å². The topological polar surface area (TPSA) is 96.2 Å². The van der Waals surface area contributed by atoms with Crippen molar-refractivity contribution in [3.63, 3.8) is 0 Å². The van der Waals surface area contributed by atoms with E-state index in [1.807, 2.05) is 68.4 Å². The van der Waals surface area contributed by atoms with Gasteiger partial charge in [0.25, 0.3) is 5.56 Å². The van der Waals surface area contributed by atoms with Gasteiger partial charge in [-0.3, -0.25) is 14.2 Å². The second-order valence-electron chi connectivity index (χ2n) is 8.04. The maximum atomic E-state index is 12.8. The molecule has 34 heavy (non-hydrogen) atoms. The van der Waals surface area contributed by atoms with Crippen LogP contribution in [0.5, 0.6) is 0 Å². The molecule has 2 unspecified atom stereocenters. The quantitative estimate of drug-likeness (QED) is 0.444. The molecule has 0 saturated heterocycles. The summed E-state index contributed by atoms with van der Waals surface area (Å²) in [5.74, 6) is 0.481. The predicted molar refractivity (Wildman–Crippen MR) is 135 cm³/mol. The van der Waals surface area contributed by atoms with E-state index >= 15 is 0 Å². The van der Waals surface area contributed by atoms with E-state index in [1.165, 1.54) is 16.8 Å². The highest BCUT2D eigenvalue weighted by Gasteiger charge is 2.27. The number of aryl methyl sites for hydroxylation is 1. The van der Waals surface area contributed by atoms with Gasteiger partial charge < -0.3 is 15.7 Å². The first-order valence-corrected chi connectivity index (χ1v) is 12.0. The number of aliphatic hydroxyl groups is 1. The molecule has 1 aromatic heterocycles. The van der Waals surface area contributed by atoms with E-state index in [0.717, 1.165) is 30.5 Å². The lowest BCUT2D eigenvalue weighted by atomic mass is 10.0. The Morgan fingerprint density at radius 2 is 1.85 bits per heavy atom. The van der Waals surface area contributed by atoms with Crippen LogP contribution in [0, 0.1) is 0 Å². The number of rotatable bonds is 8. The van der Waals surface area contributed by atoms with Crippen molar-refractivity contribution >= 4 is 11.6 Å². The van der Waals surface area contributed by atoms with Gasteiger partial charge in [-0.05, 0) is 49.1 Å².